The third-order valence-corrected chi connectivity index (χ3v) is 5.04. The second kappa shape index (κ2) is 8.81. The number of nitrogens with zero attached hydrogens (tertiary/aromatic N) is 2. The van der Waals surface area contributed by atoms with E-state index in [1.54, 1.807) is 49.8 Å². The van der Waals surface area contributed by atoms with Crippen LogP contribution in [0.25, 0.3) is 22.2 Å². The first kappa shape index (κ1) is 20.9. The number of hydrogen-bond acceptors (Lipinski definition) is 3. The van der Waals surface area contributed by atoms with Crippen molar-refractivity contribution in [3.63, 3.8) is 0 Å². The molecule has 0 saturated carbocycles. The number of ether oxygens (including phenoxy) is 1. The average molecular weight is 426 g/mol. The quantitative estimate of drug-likeness (QED) is 0.289. The molecule has 0 bridgehead atoms. The fraction of sp³-hybridized carbons (Fsp3) is 0.167. The molecule has 0 spiro atoms. The van der Waals surface area contributed by atoms with Gasteiger partial charge in [-0.05, 0) is 47.6 Å². The molecule has 0 N–H and O–H groups in total. The number of halogens is 4. The molecule has 0 aliphatic carbocycles. The maximum Gasteiger partial charge on any atom is 0.194 e. The molecule has 31 heavy (non-hydrogen) atoms. The van der Waals surface area contributed by atoms with Crippen molar-refractivity contribution < 1.29 is 22.3 Å². The summed E-state index contributed by atoms with van der Waals surface area (Å²) in [6, 6.07) is 10.5. The summed E-state index contributed by atoms with van der Waals surface area (Å²) in [6.45, 7) is 0.420. The number of methoxy groups -OCH3 is 1. The van der Waals surface area contributed by atoms with Gasteiger partial charge in [0.2, 0.25) is 0 Å². The molecule has 158 valence electrons. The molecule has 0 aliphatic rings. The van der Waals surface area contributed by atoms with Gasteiger partial charge in [0.1, 0.15) is 5.82 Å². The van der Waals surface area contributed by atoms with Gasteiger partial charge in [-0.1, -0.05) is 24.3 Å². The zero-order valence-corrected chi connectivity index (χ0v) is 16.6. The Hall–Kier alpha value is -3.32. The highest BCUT2D eigenvalue weighted by Gasteiger charge is 2.13. The Morgan fingerprint density at radius 3 is 2.16 bits per heavy atom. The fourth-order valence-electron chi connectivity index (χ4n) is 3.45. The Morgan fingerprint density at radius 2 is 1.48 bits per heavy atom. The van der Waals surface area contributed by atoms with Crippen molar-refractivity contribution in [1.82, 2.24) is 9.97 Å². The average Bonchev–Trinajstić information content (AvgIpc) is 2.77. The number of aromatic nitrogens is 2. The SMILES string of the molecule is COCc1cnc(-c2ccc3c(F)c(CCc4cc(F)c(F)c(F)c4)ccc3c2)nc1. The van der Waals surface area contributed by atoms with Crippen LogP contribution in [0.15, 0.2) is 54.9 Å². The van der Waals surface area contributed by atoms with Gasteiger partial charge < -0.3 is 4.74 Å². The Labute approximate surface area is 176 Å². The first-order chi connectivity index (χ1) is 15.0. The van der Waals surface area contributed by atoms with Gasteiger partial charge in [-0.3, -0.25) is 0 Å². The predicted molar refractivity (Wildman–Crippen MR) is 109 cm³/mol. The van der Waals surface area contributed by atoms with Crippen LogP contribution in [-0.4, -0.2) is 17.1 Å². The van der Waals surface area contributed by atoms with Gasteiger partial charge in [-0.2, -0.15) is 0 Å². The van der Waals surface area contributed by atoms with Crippen molar-refractivity contribution in [2.24, 2.45) is 0 Å². The van der Waals surface area contributed by atoms with Crippen LogP contribution in [0.5, 0.6) is 0 Å². The molecule has 4 rings (SSSR count). The summed E-state index contributed by atoms with van der Waals surface area (Å²) >= 11 is 0. The summed E-state index contributed by atoms with van der Waals surface area (Å²) < 4.78 is 59.9. The standard InChI is InChI=1S/C24H18F4N2O/c1-31-13-15-11-29-24(30-12-15)18-6-7-19-17(10-18)5-4-16(22(19)27)3-2-14-8-20(25)23(28)21(26)9-14/h4-12H,2-3,13H2,1H3. The molecule has 0 saturated heterocycles. The van der Waals surface area contributed by atoms with Crippen molar-refractivity contribution >= 4 is 10.8 Å². The van der Waals surface area contributed by atoms with E-state index in [2.05, 4.69) is 9.97 Å². The predicted octanol–water partition coefficient (Wildman–Crippen LogP) is 5.78. The summed E-state index contributed by atoms with van der Waals surface area (Å²) in [5.74, 6) is -3.89. The molecule has 0 atom stereocenters. The van der Waals surface area contributed by atoms with Crippen molar-refractivity contribution in [2.75, 3.05) is 7.11 Å². The van der Waals surface area contributed by atoms with Gasteiger partial charge in [0.25, 0.3) is 0 Å². The minimum Gasteiger partial charge on any atom is -0.380 e. The van der Waals surface area contributed by atoms with Crippen molar-refractivity contribution in [3.05, 3.63) is 94.8 Å². The minimum absolute atomic E-state index is 0.177. The van der Waals surface area contributed by atoms with Crippen LogP contribution in [0.2, 0.25) is 0 Å². The number of aryl methyl sites for hydroxylation is 2. The molecule has 0 amide bonds. The van der Waals surface area contributed by atoms with Gasteiger partial charge in [-0.15, -0.1) is 0 Å². The molecule has 0 fully saturated rings. The summed E-state index contributed by atoms with van der Waals surface area (Å²) in [5.41, 5.74) is 2.27. The molecular formula is C24H18F4N2O. The van der Waals surface area contributed by atoms with E-state index in [0.29, 0.717) is 28.8 Å². The van der Waals surface area contributed by atoms with E-state index in [4.69, 9.17) is 4.74 Å². The lowest BCUT2D eigenvalue weighted by Crippen LogP contribution is -1.99. The summed E-state index contributed by atoms with van der Waals surface area (Å²) in [4.78, 5) is 8.65. The number of hydrogen-bond donors (Lipinski definition) is 0. The van der Waals surface area contributed by atoms with Gasteiger partial charge in [-0.25, -0.2) is 27.5 Å². The van der Waals surface area contributed by atoms with Gasteiger partial charge in [0.05, 0.1) is 6.61 Å². The van der Waals surface area contributed by atoms with Crippen LogP contribution in [0.1, 0.15) is 16.7 Å². The number of rotatable bonds is 6. The zero-order valence-electron chi connectivity index (χ0n) is 16.6. The summed E-state index contributed by atoms with van der Waals surface area (Å²) in [5, 5.41) is 1.11. The normalized spacial score (nSPS) is 11.3. The molecule has 0 unspecified atom stereocenters. The topological polar surface area (TPSA) is 35.0 Å². The summed E-state index contributed by atoms with van der Waals surface area (Å²) in [6.07, 6.45) is 3.76. The first-order valence-corrected chi connectivity index (χ1v) is 9.61. The van der Waals surface area contributed by atoms with Crippen LogP contribution in [-0.2, 0) is 24.2 Å². The minimum atomic E-state index is -1.51. The molecule has 3 nitrogen and oxygen atoms in total. The molecule has 0 aliphatic heterocycles. The number of fused-ring (bicyclic) bond motifs is 1. The Morgan fingerprint density at radius 1 is 0.774 bits per heavy atom. The Kier molecular flexibility index (Phi) is 5.95. The third kappa shape index (κ3) is 4.41. The fourth-order valence-corrected chi connectivity index (χ4v) is 3.45. The molecule has 0 radical (unpaired) electrons. The van der Waals surface area contributed by atoms with Crippen molar-refractivity contribution in [1.29, 1.82) is 0 Å². The Balaban J connectivity index is 1.57. The highest BCUT2D eigenvalue weighted by Crippen LogP contribution is 2.27. The first-order valence-electron chi connectivity index (χ1n) is 9.61. The van der Waals surface area contributed by atoms with Crippen LogP contribution in [0.3, 0.4) is 0 Å². The molecule has 1 heterocycles. The van der Waals surface area contributed by atoms with Gasteiger partial charge in [0.15, 0.2) is 23.3 Å². The third-order valence-electron chi connectivity index (χ3n) is 5.04. The van der Waals surface area contributed by atoms with Crippen LogP contribution in [0.4, 0.5) is 17.6 Å². The van der Waals surface area contributed by atoms with E-state index < -0.39 is 23.3 Å². The van der Waals surface area contributed by atoms with Crippen LogP contribution < -0.4 is 0 Å². The maximum atomic E-state index is 15.0. The highest BCUT2D eigenvalue weighted by atomic mass is 19.2. The van der Waals surface area contributed by atoms with Crippen LogP contribution in [0, 0.1) is 23.3 Å². The van der Waals surface area contributed by atoms with E-state index in [0.717, 1.165) is 23.3 Å². The lowest BCUT2D eigenvalue weighted by Gasteiger charge is -2.09. The smallest absolute Gasteiger partial charge is 0.194 e. The molecule has 4 aromatic rings. The van der Waals surface area contributed by atoms with Gasteiger partial charge in [0, 0.05) is 36.0 Å². The molecule has 7 heteroatoms. The second-order valence-electron chi connectivity index (χ2n) is 7.20. The second-order valence-corrected chi connectivity index (χ2v) is 7.20. The lowest BCUT2D eigenvalue weighted by atomic mass is 9.99. The zero-order chi connectivity index (χ0) is 22.0. The largest absolute Gasteiger partial charge is 0.380 e. The van der Waals surface area contributed by atoms with Gasteiger partial charge >= 0.3 is 0 Å². The van der Waals surface area contributed by atoms with Crippen LogP contribution >= 0.6 is 0 Å². The van der Waals surface area contributed by atoms with Crippen molar-refractivity contribution in [2.45, 2.75) is 19.4 Å². The Bertz CT molecular complexity index is 1220. The lowest BCUT2D eigenvalue weighted by molar-refractivity contribution is 0.184. The van der Waals surface area contributed by atoms with E-state index in [1.165, 1.54) is 0 Å². The van der Waals surface area contributed by atoms with Crippen molar-refractivity contribution in [3.8, 4) is 11.4 Å². The van der Waals surface area contributed by atoms with E-state index in [-0.39, 0.29) is 18.4 Å². The molecule has 1 aromatic heterocycles. The monoisotopic (exact) mass is 426 g/mol. The highest BCUT2D eigenvalue weighted by molar-refractivity contribution is 5.87. The maximum absolute atomic E-state index is 15.0. The van der Waals surface area contributed by atoms with E-state index in [1.807, 2.05) is 0 Å². The summed E-state index contributed by atoms with van der Waals surface area (Å²) in [7, 11) is 1.59. The van der Waals surface area contributed by atoms with E-state index in [9.17, 15) is 13.2 Å². The molecule has 3 aromatic carbocycles. The number of benzene rings is 3. The van der Waals surface area contributed by atoms with E-state index >= 15 is 4.39 Å². The molecular weight excluding hydrogens is 408 g/mol.